The molecule has 1 N–H and O–H groups in total. The monoisotopic (exact) mass is 95.0 g/mol. The lowest BCUT2D eigenvalue weighted by molar-refractivity contribution is 0.358. The predicted octanol–water partition coefficient (Wildman–Crippen LogP) is 0.630. The first-order valence-electron chi connectivity index (χ1n) is 1.97. The molecular weight excluding hydrogens is 90.1 g/mol. The Hall–Kier alpha value is -0.920. The second-order valence-electron chi connectivity index (χ2n) is 1.04. The van der Waals surface area contributed by atoms with Gasteiger partial charge in [0.1, 0.15) is 6.26 Å². The van der Waals surface area contributed by atoms with Crippen LogP contribution in [0.5, 0.6) is 0 Å². The second kappa shape index (κ2) is 2.29. The maximum absolute atomic E-state index is 4.61. The summed E-state index contributed by atoms with van der Waals surface area (Å²) in [4.78, 5) is 0. The maximum atomic E-state index is 4.61. The molecule has 0 bridgehead atoms. The summed E-state index contributed by atoms with van der Waals surface area (Å²) in [6, 6.07) is 0. The summed E-state index contributed by atoms with van der Waals surface area (Å²) in [6.45, 7) is 2.52. The minimum atomic E-state index is 1.51. The molecule has 0 unspecified atom stereocenters. The van der Waals surface area contributed by atoms with E-state index in [0.717, 1.165) is 0 Å². The van der Waals surface area contributed by atoms with Gasteiger partial charge in [0.15, 0.2) is 0 Å². The van der Waals surface area contributed by atoms with Crippen molar-refractivity contribution in [2.24, 2.45) is 0 Å². The molecule has 0 aromatic heterocycles. The fourth-order valence-electron chi connectivity index (χ4n) is 0.290. The zero-order valence-corrected chi connectivity index (χ0v) is 3.72. The highest BCUT2D eigenvalue weighted by atomic mass is 16.5. The first-order chi connectivity index (χ1) is 3.50. The summed E-state index contributed by atoms with van der Waals surface area (Å²) >= 11 is 0. The lowest BCUT2D eigenvalue weighted by atomic mass is 10.7. The Kier molecular flexibility index (Phi) is 1.39. The van der Waals surface area contributed by atoms with Crippen LogP contribution in [0, 0.1) is 6.61 Å². The smallest absolute Gasteiger partial charge is 0.223 e. The third-order valence-electron chi connectivity index (χ3n) is 0.548. The van der Waals surface area contributed by atoms with E-state index in [1.807, 2.05) is 0 Å². The van der Waals surface area contributed by atoms with Gasteiger partial charge in [-0.2, -0.15) is 0 Å². The van der Waals surface area contributed by atoms with Crippen LogP contribution in [0.2, 0.25) is 0 Å². The largest absolute Gasteiger partial charge is 0.480 e. The van der Waals surface area contributed by atoms with E-state index in [9.17, 15) is 0 Å². The standard InChI is InChI=1S/C5H5NO/c1-2-6-3-5-7-4-1/h1-3,5-6H. The van der Waals surface area contributed by atoms with Gasteiger partial charge in [-0.3, -0.25) is 0 Å². The Balaban J connectivity index is 2.38. The average Bonchev–Trinajstić information content (AvgIpc) is 1.90. The fraction of sp³-hybridized carbons (Fsp3) is 0. The minimum absolute atomic E-state index is 1.51. The molecule has 0 aromatic carbocycles. The number of ether oxygens (including phenoxy) is 1. The van der Waals surface area contributed by atoms with Crippen molar-refractivity contribution in [1.82, 2.24) is 5.32 Å². The zero-order chi connectivity index (χ0) is 4.95. The average molecular weight is 95.1 g/mol. The Morgan fingerprint density at radius 2 is 2.43 bits per heavy atom. The molecule has 7 heavy (non-hydrogen) atoms. The van der Waals surface area contributed by atoms with Crippen LogP contribution in [0.15, 0.2) is 24.7 Å². The van der Waals surface area contributed by atoms with E-state index in [2.05, 4.69) is 16.7 Å². The van der Waals surface area contributed by atoms with Crippen molar-refractivity contribution < 1.29 is 4.74 Å². The molecule has 36 valence electrons. The van der Waals surface area contributed by atoms with Crippen LogP contribution in [-0.4, -0.2) is 0 Å². The van der Waals surface area contributed by atoms with E-state index in [1.165, 1.54) is 6.26 Å². The van der Waals surface area contributed by atoms with Crippen molar-refractivity contribution >= 4 is 0 Å². The van der Waals surface area contributed by atoms with Crippen LogP contribution in [-0.2, 0) is 4.74 Å². The molecule has 0 spiro atoms. The molecular formula is C5H5NO. The molecule has 0 atom stereocenters. The van der Waals surface area contributed by atoms with Crippen molar-refractivity contribution in [2.75, 3.05) is 0 Å². The van der Waals surface area contributed by atoms with Crippen LogP contribution in [0.1, 0.15) is 0 Å². The maximum Gasteiger partial charge on any atom is 0.223 e. The Morgan fingerprint density at radius 1 is 1.43 bits per heavy atom. The van der Waals surface area contributed by atoms with Gasteiger partial charge >= 0.3 is 0 Å². The van der Waals surface area contributed by atoms with Crippen LogP contribution in [0.4, 0.5) is 0 Å². The molecule has 1 aliphatic heterocycles. The van der Waals surface area contributed by atoms with E-state index in [0.29, 0.717) is 0 Å². The topological polar surface area (TPSA) is 21.3 Å². The lowest BCUT2D eigenvalue weighted by Gasteiger charge is -1.82. The number of hydrogen-bond acceptors (Lipinski definition) is 2. The van der Waals surface area contributed by atoms with Crippen molar-refractivity contribution in [3.63, 3.8) is 0 Å². The van der Waals surface area contributed by atoms with Gasteiger partial charge in [-0.05, 0) is 6.08 Å². The van der Waals surface area contributed by atoms with Gasteiger partial charge in [-0.1, -0.05) is 0 Å². The van der Waals surface area contributed by atoms with E-state index in [4.69, 9.17) is 0 Å². The molecule has 0 fully saturated rings. The van der Waals surface area contributed by atoms with Gasteiger partial charge in [-0.25, -0.2) is 0 Å². The molecule has 2 heteroatoms. The highest BCUT2D eigenvalue weighted by molar-refractivity contribution is 4.95. The number of rotatable bonds is 0. The van der Waals surface area contributed by atoms with Gasteiger partial charge in [0.2, 0.25) is 6.61 Å². The van der Waals surface area contributed by atoms with Gasteiger partial charge in [0, 0.05) is 12.4 Å². The van der Waals surface area contributed by atoms with Gasteiger partial charge in [0.05, 0.1) is 0 Å². The zero-order valence-electron chi connectivity index (χ0n) is 3.72. The third kappa shape index (κ3) is 1.30. The highest BCUT2D eigenvalue weighted by Crippen LogP contribution is 1.87. The third-order valence-corrected chi connectivity index (χ3v) is 0.548. The number of nitrogens with one attached hydrogen (secondary N) is 1. The fourth-order valence-corrected chi connectivity index (χ4v) is 0.290. The summed E-state index contributed by atoms with van der Waals surface area (Å²) in [7, 11) is 0. The number of hydrogen-bond donors (Lipinski definition) is 1. The SMILES string of the molecule is [C]1C=CNC=CO1. The molecule has 1 aliphatic rings. The summed E-state index contributed by atoms with van der Waals surface area (Å²) in [5, 5.41) is 2.80. The quantitative estimate of drug-likeness (QED) is 0.476. The lowest BCUT2D eigenvalue weighted by Crippen LogP contribution is -1.87. The predicted molar refractivity (Wildman–Crippen MR) is 25.7 cm³/mol. The molecule has 0 aromatic rings. The second-order valence-corrected chi connectivity index (χ2v) is 1.04. The van der Waals surface area contributed by atoms with E-state index < -0.39 is 0 Å². The molecule has 0 saturated heterocycles. The summed E-state index contributed by atoms with van der Waals surface area (Å²) < 4.78 is 4.61. The van der Waals surface area contributed by atoms with Crippen LogP contribution < -0.4 is 5.32 Å². The van der Waals surface area contributed by atoms with E-state index in [-0.39, 0.29) is 0 Å². The molecule has 0 saturated carbocycles. The van der Waals surface area contributed by atoms with Crippen LogP contribution >= 0.6 is 0 Å². The molecule has 1 rings (SSSR count). The molecule has 0 amide bonds. The Labute approximate surface area is 42.5 Å². The van der Waals surface area contributed by atoms with Crippen LogP contribution in [0.3, 0.4) is 0 Å². The van der Waals surface area contributed by atoms with Crippen LogP contribution in [0.25, 0.3) is 0 Å². The summed E-state index contributed by atoms with van der Waals surface area (Å²) in [5.41, 5.74) is 0. The van der Waals surface area contributed by atoms with Crippen molar-refractivity contribution in [3.05, 3.63) is 31.3 Å². The normalized spacial score (nSPS) is 17.1. The highest BCUT2D eigenvalue weighted by Gasteiger charge is 1.79. The van der Waals surface area contributed by atoms with Gasteiger partial charge in [0.25, 0.3) is 0 Å². The van der Waals surface area contributed by atoms with Gasteiger partial charge < -0.3 is 10.1 Å². The van der Waals surface area contributed by atoms with E-state index in [1.54, 1.807) is 18.5 Å². The van der Waals surface area contributed by atoms with Crippen molar-refractivity contribution in [1.29, 1.82) is 0 Å². The minimum Gasteiger partial charge on any atom is -0.480 e. The first-order valence-corrected chi connectivity index (χ1v) is 1.97. The molecule has 2 radical (unpaired) electrons. The van der Waals surface area contributed by atoms with Gasteiger partial charge in [-0.15, -0.1) is 0 Å². The van der Waals surface area contributed by atoms with E-state index >= 15 is 0 Å². The Morgan fingerprint density at radius 3 is 3.43 bits per heavy atom. The van der Waals surface area contributed by atoms with Crippen molar-refractivity contribution in [3.8, 4) is 0 Å². The summed E-state index contributed by atoms with van der Waals surface area (Å²) in [6.07, 6.45) is 6.57. The molecule has 1 heterocycles. The molecule has 0 aliphatic carbocycles. The van der Waals surface area contributed by atoms with Crippen molar-refractivity contribution in [2.45, 2.75) is 0 Å². The first kappa shape index (κ1) is 4.24. The Bertz CT molecular complexity index is 84.3. The summed E-state index contributed by atoms with van der Waals surface area (Å²) in [5.74, 6) is 0. The molecule has 2 nitrogen and oxygen atoms in total.